The van der Waals surface area contributed by atoms with E-state index in [0.29, 0.717) is 45.8 Å². The maximum atomic E-state index is 12.9. The molecule has 1 atom stereocenters. The molecule has 0 bridgehead atoms. The Bertz CT molecular complexity index is 582. The maximum absolute atomic E-state index is 12.9. The molecule has 23 heavy (non-hydrogen) atoms. The van der Waals surface area contributed by atoms with Gasteiger partial charge in [-0.3, -0.25) is 4.79 Å². The molecular formula is C17H22N2O4. The van der Waals surface area contributed by atoms with E-state index in [9.17, 15) is 9.59 Å². The molecule has 1 fully saturated rings. The predicted octanol–water partition coefficient (Wildman–Crippen LogP) is 1.85. The molecular weight excluding hydrogens is 296 g/mol. The van der Waals surface area contributed by atoms with Gasteiger partial charge in [-0.1, -0.05) is 18.2 Å². The molecule has 0 aromatic heterocycles. The zero-order valence-corrected chi connectivity index (χ0v) is 13.4. The molecule has 2 amide bonds. The van der Waals surface area contributed by atoms with Crippen molar-refractivity contribution >= 4 is 12.0 Å². The van der Waals surface area contributed by atoms with E-state index >= 15 is 0 Å². The van der Waals surface area contributed by atoms with E-state index < -0.39 is 0 Å². The molecule has 1 unspecified atom stereocenters. The average molecular weight is 318 g/mol. The molecule has 2 aliphatic heterocycles. The van der Waals surface area contributed by atoms with E-state index in [1.54, 1.807) is 11.8 Å². The number of rotatable bonds is 2. The number of carbonyl (C=O) groups excluding carboxylic acids is 2. The van der Waals surface area contributed by atoms with Gasteiger partial charge >= 0.3 is 6.09 Å². The Hall–Kier alpha value is -2.24. The van der Waals surface area contributed by atoms with Crippen LogP contribution < -0.4 is 4.74 Å². The normalized spacial score (nSPS) is 20.5. The van der Waals surface area contributed by atoms with Crippen molar-refractivity contribution in [3.8, 4) is 5.75 Å². The standard InChI is InChI=1S/C17H22N2O4/c1-2-22-17(21)19-10-8-18(9-11-19)16(20)14-7-12-23-15-6-4-3-5-13(14)15/h3-6,14H,2,7-12H2,1H3. The largest absolute Gasteiger partial charge is 0.493 e. The minimum atomic E-state index is -0.295. The van der Waals surface area contributed by atoms with Crippen LogP contribution in [0.3, 0.4) is 0 Å². The first-order chi connectivity index (χ1) is 11.2. The first kappa shape index (κ1) is 15.6. The van der Waals surface area contributed by atoms with E-state index in [4.69, 9.17) is 9.47 Å². The monoisotopic (exact) mass is 318 g/mol. The summed E-state index contributed by atoms with van der Waals surface area (Å²) in [5.41, 5.74) is 0.969. The fourth-order valence-corrected chi connectivity index (χ4v) is 3.14. The van der Waals surface area contributed by atoms with Crippen molar-refractivity contribution in [1.82, 2.24) is 9.80 Å². The molecule has 0 N–H and O–H groups in total. The molecule has 1 aromatic carbocycles. The summed E-state index contributed by atoms with van der Waals surface area (Å²) in [6.07, 6.45) is 0.407. The van der Waals surface area contributed by atoms with Gasteiger partial charge in [-0.2, -0.15) is 0 Å². The third-order valence-electron chi connectivity index (χ3n) is 4.37. The molecule has 124 valence electrons. The summed E-state index contributed by atoms with van der Waals surface area (Å²) >= 11 is 0. The Morgan fingerprint density at radius 3 is 2.61 bits per heavy atom. The second-order valence-corrected chi connectivity index (χ2v) is 5.74. The van der Waals surface area contributed by atoms with Crippen LogP contribution in [0, 0.1) is 0 Å². The van der Waals surface area contributed by atoms with Crippen LogP contribution in [0.5, 0.6) is 5.75 Å². The Kier molecular flexibility index (Phi) is 4.69. The summed E-state index contributed by atoms with van der Waals surface area (Å²) < 4.78 is 10.6. The van der Waals surface area contributed by atoms with Crippen LogP contribution in [0.15, 0.2) is 24.3 Å². The lowest BCUT2D eigenvalue weighted by atomic mass is 9.91. The Balaban J connectivity index is 1.63. The summed E-state index contributed by atoms with van der Waals surface area (Å²) in [4.78, 5) is 28.1. The van der Waals surface area contributed by atoms with Gasteiger partial charge < -0.3 is 19.3 Å². The number of carbonyl (C=O) groups is 2. The highest BCUT2D eigenvalue weighted by Crippen LogP contribution is 2.34. The van der Waals surface area contributed by atoms with E-state index in [1.165, 1.54) is 0 Å². The molecule has 0 radical (unpaired) electrons. The zero-order valence-electron chi connectivity index (χ0n) is 13.4. The summed E-state index contributed by atoms with van der Waals surface area (Å²) in [6.45, 7) is 4.88. The number of nitrogens with zero attached hydrogens (tertiary/aromatic N) is 2. The lowest BCUT2D eigenvalue weighted by Crippen LogP contribution is -2.52. The van der Waals surface area contributed by atoms with Gasteiger partial charge in [-0.05, 0) is 19.4 Å². The van der Waals surface area contributed by atoms with Crippen LogP contribution in [0.25, 0.3) is 0 Å². The number of ether oxygens (including phenoxy) is 2. The summed E-state index contributed by atoms with van der Waals surface area (Å²) in [7, 11) is 0. The fraction of sp³-hybridized carbons (Fsp3) is 0.529. The van der Waals surface area contributed by atoms with Gasteiger partial charge in [0.15, 0.2) is 0 Å². The first-order valence-corrected chi connectivity index (χ1v) is 8.13. The summed E-state index contributed by atoms with van der Waals surface area (Å²) in [5, 5.41) is 0. The number of para-hydroxylation sites is 1. The van der Waals surface area contributed by atoms with Crippen LogP contribution >= 0.6 is 0 Å². The molecule has 1 saturated heterocycles. The van der Waals surface area contributed by atoms with Gasteiger partial charge in [-0.25, -0.2) is 4.79 Å². The third kappa shape index (κ3) is 3.25. The second-order valence-electron chi connectivity index (χ2n) is 5.74. The highest BCUT2D eigenvalue weighted by atomic mass is 16.6. The smallest absolute Gasteiger partial charge is 0.409 e. The van der Waals surface area contributed by atoms with Gasteiger partial charge in [0.1, 0.15) is 5.75 Å². The number of hydrogen-bond acceptors (Lipinski definition) is 4. The van der Waals surface area contributed by atoms with E-state index in [1.807, 2.05) is 29.2 Å². The molecule has 1 aromatic rings. The maximum Gasteiger partial charge on any atom is 0.409 e. The number of benzene rings is 1. The lowest BCUT2D eigenvalue weighted by molar-refractivity contribution is -0.135. The van der Waals surface area contributed by atoms with Gasteiger partial charge in [-0.15, -0.1) is 0 Å². The van der Waals surface area contributed by atoms with Gasteiger partial charge in [0.2, 0.25) is 5.91 Å². The molecule has 2 aliphatic rings. The van der Waals surface area contributed by atoms with Crippen molar-refractivity contribution in [3.05, 3.63) is 29.8 Å². The zero-order chi connectivity index (χ0) is 16.2. The molecule has 0 saturated carbocycles. The minimum Gasteiger partial charge on any atom is -0.493 e. The van der Waals surface area contributed by atoms with E-state index in [0.717, 1.165) is 11.3 Å². The van der Waals surface area contributed by atoms with Crippen LogP contribution in [0.4, 0.5) is 4.79 Å². The van der Waals surface area contributed by atoms with Gasteiger partial charge in [0.05, 0.1) is 19.1 Å². The van der Waals surface area contributed by atoms with Crippen LogP contribution in [-0.2, 0) is 9.53 Å². The number of piperazine rings is 1. The SMILES string of the molecule is CCOC(=O)N1CCN(C(=O)C2CCOc3ccccc32)CC1. The molecule has 6 heteroatoms. The topological polar surface area (TPSA) is 59.1 Å². The van der Waals surface area contributed by atoms with E-state index in [2.05, 4.69) is 0 Å². The molecule has 3 rings (SSSR count). The van der Waals surface area contributed by atoms with Crippen LogP contribution in [0.1, 0.15) is 24.8 Å². The van der Waals surface area contributed by atoms with Crippen molar-refractivity contribution < 1.29 is 19.1 Å². The highest BCUT2D eigenvalue weighted by molar-refractivity contribution is 5.85. The summed E-state index contributed by atoms with van der Waals surface area (Å²) in [6, 6.07) is 7.73. The van der Waals surface area contributed by atoms with E-state index in [-0.39, 0.29) is 17.9 Å². The van der Waals surface area contributed by atoms with Gasteiger partial charge in [0.25, 0.3) is 0 Å². The molecule has 0 aliphatic carbocycles. The molecule has 2 heterocycles. The number of fused-ring (bicyclic) bond motifs is 1. The fourth-order valence-electron chi connectivity index (χ4n) is 3.14. The highest BCUT2D eigenvalue weighted by Gasteiger charge is 2.33. The predicted molar refractivity (Wildman–Crippen MR) is 84.5 cm³/mol. The van der Waals surface area contributed by atoms with Crippen molar-refractivity contribution in [1.29, 1.82) is 0 Å². The van der Waals surface area contributed by atoms with Crippen molar-refractivity contribution in [2.75, 3.05) is 39.4 Å². The van der Waals surface area contributed by atoms with Crippen molar-refractivity contribution in [2.24, 2.45) is 0 Å². The Morgan fingerprint density at radius 1 is 1.17 bits per heavy atom. The third-order valence-corrected chi connectivity index (χ3v) is 4.37. The molecule has 6 nitrogen and oxygen atoms in total. The lowest BCUT2D eigenvalue weighted by Gasteiger charge is -2.37. The number of amides is 2. The quantitative estimate of drug-likeness (QED) is 0.835. The average Bonchev–Trinajstić information content (AvgIpc) is 2.61. The Morgan fingerprint density at radius 2 is 1.87 bits per heavy atom. The summed E-state index contributed by atoms with van der Waals surface area (Å²) in [5.74, 6) is 0.792. The van der Waals surface area contributed by atoms with Crippen LogP contribution in [-0.4, -0.2) is 61.2 Å². The van der Waals surface area contributed by atoms with Crippen molar-refractivity contribution in [3.63, 3.8) is 0 Å². The molecule has 0 spiro atoms. The number of hydrogen-bond donors (Lipinski definition) is 0. The Labute approximate surface area is 136 Å². The van der Waals surface area contributed by atoms with Gasteiger partial charge in [0, 0.05) is 31.7 Å². The van der Waals surface area contributed by atoms with Crippen molar-refractivity contribution in [2.45, 2.75) is 19.3 Å². The first-order valence-electron chi connectivity index (χ1n) is 8.13. The van der Waals surface area contributed by atoms with Crippen LogP contribution in [0.2, 0.25) is 0 Å². The minimum absolute atomic E-state index is 0.129. The second kappa shape index (κ2) is 6.89.